The van der Waals surface area contributed by atoms with Crippen molar-refractivity contribution in [2.24, 2.45) is 157 Å². The van der Waals surface area contributed by atoms with Crippen LogP contribution in [-0.2, 0) is 24.4 Å². The summed E-state index contributed by atoms with van der Waals surface area (Å²) in [5.74, 6) is 14.5. The molecule has 1 unspecified atom stereocenters. The van der Waals surface area contributed by atoms with Crippen LogP contribution in [0.1, 0.15) is 366 Å². The average Bonchev–Trinajstić information content (AvgIpc) is 1.47. The van der Waals surface area contributed by atoms with Gasteiger partial charge in [0, 0.05) is 7.11 Å². The van der Waals surface area contributed by atoms with Crippen molar-refractivity contribution in [3.05, 3.63) is 60.7 Å². The number of epoxide rings is 1. The smallest absolute Gasteiger partial charge is 0.181 e. The monoisotopic (exact) mass is 1710 g/mol. The number of ether oxygens (including phenoxy) is 1. The van der Waals surface area contributed by atoms with Gasteiger partial charge in [-0.15, -0.1) is 0 Å². The van der Waals surface area contributed by atoms with Gasteiger partial charge in [-0.05, 0) is 401 Å². The number of rotatable bonds is 20. The zero-order valence-corrected chi connectivity index (χ0v) is 78.1. The van der Waals surface area contributed by atoms with E-state index in [1.165, 1.54) is 141 Å². The first-order valence-electron chi connectivity index (χ1n) is 47.1. The molecule has 0 spiro atoms. The highest BCUT2D eigenvalue weighted by molar-refractivity contribution is 7.92. The van der Waals surface area contributed by atoms with Gasteiger partial charge < -0.3 is 35.4 Å². The fraction of sp³-hybridized carbons (Fsp3) is 0.885. The van der Waals surface area contributed by atoms with Crippen LogP contribution in [0, 0.1) is 157 Å². The van der Waals surface area contributed by atoms with E-state index in [4.69, 9.17) is 9.84 Å². The van der Waals surface area contributed by atoms with Gasteiger partial charge in [0.15, 0.2) is 19.7 Å². The third-order valence-corrected chi connectivity index (χ3v) is 41.5. The highest BCUT2D eigenvalue weighted by Crippen LogP contribution is 2.73. The van der Waals surface area contributed by atoms with Gasteiger partial charge in [0.1, 0.15) is 0 Å². The third-order valence-electron chi connectivity index (χ3n) is 37.5. The molecule has 13 fully saturated rings. The zero-order valence-electron chi connectivity index (χ0n) is 75.5. The molecule has 0 amide bonds. The van der Waals surface area contributed by atoms with Crippen molar-refractivity contribution in [2.45, 2.75) is 416 Å². The van der Waals surface area contributed by atoms with E-state index in [0.29, 0.717) is 97.2 Å². The number of sulfone groups is 2. The van der Waals surface area contributed by atoms with E-state index in [1.807, 2.05) is 45.0 Å². The molecule has 1 aliphatic heterocycles. The molecule has 0 bridgehead atoms. The van der Waals surface area contributed by atoms with Crippen LogP contribution in [0.3, 0.4) is 0 Å². The van der Waals surface area contributed by atoms with Crippen LogP contribution < -0.4 is 0 Å². The minimum absolute atomic E-state index is 0. The molecule has 2 aromatic rings. The van der Waals surface area contributed by atoms with Gasteiger partial charge in [-0.2, -0.15) is 13.5 Å². The van der Waals surface area contributed by atoms with Gasteiger partial charge in [-0.1, -0.05) is 183 Å². The predicted molar refractivity (Wildman–Crippen MR) is 500 cm³/mol. The second kappa shape index (κ2) is 41.2. The number of fused-ring (bicyclic) bond motifs is 15. The highest BCUT2D eigenvalue weighted by atomic mass is 32.2. The minimum Gasteiger partial charge on any atom is -0.400 e. The van der Waals surface area contributed by atoms with E-state index in [9.17, 15) is 42.4 Å². The molecule has 11 nitrogen and oxygen atoms in total. The number of benzene rings is 2. The van der Waals surface area contributed by atoms with Crippen molar-refractivity contribution in [1.29, 1.82) is 0 Å². The van der Waals surface area contributed by atoms with Crippen molar-refractivity contribution in [2.75, 3.05) is 19.5 Å². The molecule has 686 valence electrons. The average molecular weight is 1710 g/mol. The fourth-order valence-electron chi connectivity index (χ4n) is 30.4. The van der Waals surface area contributed by atoms with Crippen LogP contribution in [0.2, 0.25) is 0 Å². The van der Waals surface area contributed by atoms with Crippen LogP contribution in [0.15, 0.2) is 70.5 Å². The molecule has 6 N–H and O–H groups in total. The van der Waals surface area contributed by atoms with Crippen molar-refractivity contribution >= 4 is 33.2 Å². The fourth-order valence-corrected chi connectivity index (χ4v) is 33.8. The Hall–Kier alpha value is -1.59. The number of hydrogen-bond donors (Lipinski definition) is 6. The van der Waals surface area contributed by atoms with Crippen molar-refractivity contribution < 1.29 is 52.2 Å². The summed E-state index contributed by atoms with van der Waals surface area (Å²) in [6.07, 6.45) is 38.4. The molecule has 14 heteroatoms. The van der Waals surface area contributed by atoms with E-state index in [0.717, 1.165) is 148 Å². The summed E-state index contributed by atoms with van der Waals surface area (Å²) >= 11 is 0. The molecule has 12 aliphatic carbocycles. The van der Waals surface area contributed by atoms with E-state index < -0.39 is 47.8 Å². The zero-order chi connectivity index (χ0) is 82.6. The molecule has 118 heavy (non-hydrogen) atoms. The number of aliphatic hydroxyl groups is 6. The van der Waals surface area contributed by atoms with Gasteiger partial charge in [0.05, 0.1) is 62.5 Å². The molecule has 12 saturated carbocycles. The maximum atomic E-state index is 13.9. The Morgan fingerprint density at radius 1 is 0.390 bits per heavy atom. The lowest BCUT2D eigenvalue weighted by Crippen LogP contribution is -2.55. The van der Waals surface area contributed by atoms with E-state index in [-0.39, 0.29) is 66.4 Å². The maximum absolute atomic E-state index is 13.9. The predicted octanol–water partition coefficient (Wildman–Crippen LogP) is 25.1. The first kappa shape index (κ1) is 105. The quantitative estimate of drug-likeness (QED) is 0.0689. The van der Waals surface area contributed by atoms with Crippen LogP contribution in [0.25, 0.3) is 0 Å². The topological polar surface area (TPSA) is 202 Å². The molecule has 0 aromatic heterocycles. The van der Waals surface area contributed by atoms with Crippen LogP contribution in [-0.4, -0.2) is 107 Å². The van der Waals surface area contributed by atoms with E-state index in [2.05, 4.69) is 104 Å². The van der Waals surface area contributed by atoms with Gasteiger partial charge >= 0.3 is 0 Å². The Morgan fingerprint density at radius 2 is 0.720 bits per heavy atom. The Balaban J connectivity index is 0.000000258. The normalized spacial score (nSPS) is 41.8. The molecule has 1 saturated heterocycles. The van der Waals surface area contributed by atoms with Gasteiger partial charge in [0.2, 0.25) is 0 Å². The molecule has 0 radical (unpaired) electrons. The van der Waals surface area contributed by atoms with Crippen molar-refractivity contribution in [1.82, 2.24) is 0 Å². The lowest BCUT2D eigenvalue weighted by molar-refractivity contribution is -0.148. The standard InChI is InChI=1S/C35H56O4S.C30H46O3S.C29H52O2.C5H10O.CH4O.4CH4.H2S/c1-23(2)32(36)21-27(40(38,39)26-10-8-7-9-11-26)20-24(3)29-14-15-30-28-13-12-25-22-33(4,37)18-19-34(25,5)31(28)16-17-35(29,30)6;1-21(15-19-34(32,33)23-8-6-5-7-9-23)25-12-13-26-24-11-10-22-20-28(2,31)17-18-29(22,3)27(24)14-16-30(25,26)4;1-19(2)26(30)9-7-8-20(3)23-12-13-24-22-11-10-21-18-27(4,31)16-17-28(21,5)25(22)14-15-29(23,24)6;1-4(2)5-3-6-5;1-2;;;;;/h7-11,23-25,27-32,36-37H,12-22H2,1-6H3;5-9,21-22,24-27,31H,10-20H2,1-4H3;19-26,30-31H,7-18H2,1-6H3;4-5H,3H2,1-2H3;2H,1H3;4*1H4;1H2/t24-,25+,27?,28+,29-,30+,31+,32-,33+,34+,35-;21-,22+,24+,25-,26+,27+,28+,29+,30-;20-,21+,22+,23-,24+,25+,26-,27+,28+,29-;5-;;;;;;/m1111....../s1. The van der Waals surface area contributed by atoms with Gasteiger partial charge in [-0.25, -0.2) is 16.8 Å². The summed E-state index contributed by atoms with van der Waals surface area (Å²) in [7, 11) is -5.74. The molecule has 31 atom stereocenters. The minimum atomic E-state index is -3.53. The van der Waals surface area contributed by atoms with Gasteiger partial charge in [-0.3, -0.25) is 0 Å². The van der Waals surface area contributed by atoms with Crippen molar-refractivity contribution in [3.8, 4) is 0 Å². The van der Waals surface area contributed by atoms with Crippen molar-refractivity contribution in [3.63, 3.8) is 0 Å². The summed E-state index contributed by atoms with van der Waals surface area (Å²) in [4.78, 5) is 0.852. The summed E-state index contributed by atoms with van der Waals surface area (Å²) < 4.78 is 58.5. The lowest BCUT2D eigenvalue weighted by atomic mass is 9.43. The molecule has 15 rings (SSSR count). The Labute approximate surface area is 733 Å². The first-order valence-corrected chi connectivity index (χ1v) is 50.3. The van der Waals surface area contributed by atoms with Gasteiger partial charge in [0.25, 0.3) is 0 Å². The largest absolute Gasteiger partial charge is 0.400 e. The van der Waals surface area contributed by atoms with E-state index in [1.54, 1.807) is 36.4 Å². The highest BCUT2D eigenvalue weighted by Gasteiger charge is 2.65. The Bertz CT molecular complexity index is 3600. The Morgan fingerprint density at radius 3 is 1.05 bits per heavy atom. The second-order valence-electron chi connectivity index (χ2n) is 45.2. The number of hydrogen-bond acceptors (Lipinski definition) is 11. The first-order chi connectivity index (χ1) is 52.9. The summed E-state index contributed by atoms with van der Waals surface area (Å²) in [6.45, 7) is 42.4. The molecular weight excluding hydrogens is 1520 g/mol. The van der Waals surface area contributed by atoms with Crippen LogP contribution in [0.4, 0.5) is 0 Å². The van der Waals surface area contributed by atoms with Crippen LogP contribution >= 0.6 is 13.5 Å². The Kier molecular flexibility index (Phi) is 36.8. The lowest BCUT2D eigenvalue weighted by Gasteiger charge is -2.62. The third kappa shape index (κ3) is 21.9. The molecule has 1 heterocycles. The molecule has 13 aliphatic rings. The summed E-state index contributed by atoms with van der Waals surface area (Å²) in [5.41, 5.74) is 1.03. The summed E-state index contributed by atoms with van der Waals surface area (Å²) in [6, 6.07) is 17.9. The second-order valence-corrected chi connectivity index (χ2v) is 49.6. The maximum Gasteiger partial charge on any atom is 0.181 e. The SMILES string of the molecule is C.C.C.C.CC(C)[C@H](O)CC(C[C@@H](C)[C@H]1CC[C@H]2[C@@H]3CC[C@H]4C[C@@](C)(O)CC[C@]4(C)[C@H]3CC[C@]12C)S(=O)(=O)c1ccccc1.CC(C)[C@H](O)CCC[C@@H](C)[C@H]1CC[C@H]2[C@@H]3CC[C@H]4C[C@@](C)(O)CC[C@]4(C)[C@H]3CC[C@]12C.CC(C)[C@H]1CO1.CO.C[C@H](CCS(=O)(=O)c1ccccc1)[C@H]1CC[C@H]2[C@@H]3CC[C@H]4C[C@@](C)(O)CC[C@]4(C)[C@H]3CC[C@]12C.S. The van der Waals surface area contributed by atoms with Crippen LogP contribution in [0.5, 0.6) is 0 Å². The molecular formula is C104H186O11S3. The summed E-state index contributed by atoms with van der Waals surface area (Å²) in [5, 5.41) is 59.8. The molecule has 2 aromatic carbocycles. The van der Waals surface area contributed by atoms with E-state index >= 15 is 0 Å². The number of aliphatic hydroxyl groups excluding tert-OH is 3.